The van der Waals surface area contributed by atoms with Gasteiger partial charge in [-0.05, 0) is 26.0 Å². The molecule has 0 radical (unpaired) electrons. The second kappa shape index (κ2) is 7.31. The summed E-state index contributed by atoms with van der Waals surface area (Å²) >= 11 is 0. The van der Waals surface area contributed by atoms with Crippen molar-refractivity contribution in [2.45, 2.75) is 26.1 Å². The molecule has 1 aromatic carbocycles. The molecule has 2 atom stereocenters. The van der Waals surface area contributed by atoms with E-state index >= 15 is 0 Å². The lowest BCUT2D eigenvalue weighted by molar-refractivity contribution is -0.0455. The zero-order chi connectivity index (χ0) is 19.0. The molecule has 0 unspecified atom stereocenters. The lowest BCUT2D eigenvalue weighted by Gasteiger charge is -2.40. The Hall–Kier alpha value is -1.81. The monoisotopic (exact) mass is 391 g/mol. The van der Waals surface area contributed by atoms with E-state index < -0.39 is 10.2 Å². The fourth-order valence-electron chi connectivity index (χ4n) is 3.86. The first-order valence-corrected chi connectivity index (χ1v) is 10.7. The maximum atomic E-state index is 13.0. The van der Waals surface area contributed by atoms with Gasteiger partial charge in [-0.1, -0.05) is 12.1 Å². The molecule has 0 amide bonds. The number of aromatic nitrogens is 2. The third-order valence-electron chi connectivity index (χ3n) is 5.10. The highest BCUT2D eigenvalue weighted by molar-refractivity contribution is 7.86. The summed E-state index contributed by atoms with van der Waals surface area (Å²) in [6.45, 7) is 6.74. The summed E-state index contributed by atoms with van der Waals surface area (Å²) in [4.78, 5) is 10.9. The molecule has 1 aromatic heterocycles. The Labute approximate surface area is 159 Å². The number of piperazine rings is 1. The van der Waals surface area contributed by atoms with Gasteiger partial charge in [-0.25, -0.2) is 9.97 Å². The van der Waals surface area contributed by atoms with Crippen LogP contribution in [0.2, 0.25) is 0 Å². The minimum Gasteiger partial charge on any atom is -0.373 e. The van der Waals surface area contributed by atoms with E-state index in [4.69, 9.17) is 4.74 Å². The van der Waals surface area contributed by atoms with Crippen LogP contribution in [0.25, 0.3) is 10.9 Å². The van der Waals surface area contributed by atoms with Gasteiger partial charge in [0.25, 0.3) is 10.2 Å². The Kier molecular flexibility index (Phi) is 5.02. The van der Waals surface area contributed by atoms with Gasteiger partial charge in [0, 0.05) is 44.7 Å². The average Bonchev–Trinajstić information content (AvgIpc) is 2.67. The predicted molar refractivity (Wildman–Crippen MR) is 104 cm³/mol. The lowest BCUT2D eigenvalue weighted by atomic mass is 10.2. The van der Waals surface area contributed by atoms with Gasteiger partial charge in [0.2, 0.25) is 0 Å². The summed E-state index contributed by atoms with van der Waals surface area (Å²) < 4.78 is 34.9. The van der Waals surface area contributed by atoms with Crippen LogP contribution in [0.15, 0.2) is 30.6 Å². The van der Waals surface area contributed by atoms with Crippen molar-refractivity contribution in [3.05, 3.63) is 30.6 Å². The van der Waals surface area contributed by atoms with Gasteiger partial charge in [0.1, 0.15) is 12.1 Å². The summed E-state index contributed by atoms with van der Waals surface area (Å²) in [5.74, 6) is 0.867. The number of para-hydroxylation sites is 1. The molecular weight excluding hydrogens is 366 g/mol. The molecule has 0 aliphatic carbocycles. The van der Waals surface area contributed by atoms with Crippen LogP contribution < -0.4 is 4.90 Å². The highest BCUT2D eigenvalue weighted by Gasteiger charge is 2.37. The number of hydrogen-bond donors (Lipinski definition) is 0. The van der Waals surface area contributed by atoms with Crippen LogP contribution in [0, 0.1) is 0 Å². The van der Waals surface area contributed by atoms with Crippen LogP contribution >= 0.6 is 0 Å². The third kappa shape index (κ3) is 3.64. The van der Waals surface area contributed by atoms with Gasteiger partial charge in [0.05, 0.1) is 17.7 Å². The molecule has 0 bridgehead atoms. The number of morpholine rings is 1. The Morgan fingerprint density at radius 3 is 2.33 bits per heavy atom. The second-order valence-electron chi connectivity index (χ2n) is 7.18. The standard InChI is InChI=1S/C18H25N5O3S/c1-14-11-23(12-15(2)26-14)27(24,25)22-9-7-21(8-10-22)18-16-5-3-4-6-17(16)19-13-20-18/h3-6,13-15H,7-12H2,1-2H3/t14-,15-/m0/s1. The van der Waals surface area contributed by atoms with Crippen molar-refractivity contribution in [1.82, 2.24) is 18.6 Å². The minimum atomic E-state index is -3.47. The summed E-state index contributed by atoms with van der Waals surface area (Å²) in [7, 11) is -3.47. The quantitative estimate of drug-likeness (QED) is 0.780. The fourth-order valence-corrected chi connectivity index (χ4v) is 5.60. The van der Waals surface area contributed by atoms with E-state index in [-0.39, 0.29) is 12.2 Å². The molecule has 0 spiro atoms. The van der Waals surface area contributed by atoms with Crippen LogP contribution in [-0.2, 0) is 14.9 Å². The first-order valence-electron chi connectivity index (χ1n) is 9.30. The number of ether oxygens (including phenoxy) is 1. The number of hydrogen-bond acceptors (Lipinski definition) is 6. The Bertz CT molecular complexity index is 899. The molecule has 2 aliphatic rings. The van der Waals surface area contributed by atoms with E-state index in [1.54, 1.807) is 14.9 Å². The first-order chi connectivity index (χ1) is 12.9. The van der Waals surface area contributed by atoms with Gasteiger partial charge in [-0.2, -0.15) is 17.0 Å². The topological polar surface area (TPSA) is 78.9 Å². The normalized spacial score (nSPS) is 25.8. The van der Waals surface area contributed by atoms with Gasteiger partial charge >= 0.3 is 0 Å². The van der Waals surface area contributed by atoms with Crippen LogP contribution in [-0.4, -0.2) is 78.5 Å². The molecule has 0 N–H and O–H groups in total. The molecule has 2 fully saturated rings. The van der Waals surface area contributed by atoms with Crippen molar-refractivity contribution in [2.75, 3.05) is 44.2 Å². The number of nitrogens with zero attached hydrogens (tertiary/aromatic N) is 5. The van der Waals surface area contributed by atoms with Crippen molar-refractivity contribution < 1.29 is 13.2 Å². The zero-order valence-electron chi connectivity index (χ0n) is 15.7. The molecular formula is C18H25N5O3S. The molecule has 2 aliphatic heterocycles. The molecule has 2 aromatic rings. The zero-order valence-corrected chi connectivity index (χ0v) is 16.5. The second-order valence-corrected chi connectivity index (χ2v) is 9.11. The van der Waals surface area contributed by atoms with Crippen LogP contribution in [0.1, 0.15) is 13.8 Å². The van der Waals surface area contributed by atoms with Gasteiger partial charge in [-0.15, -0.1) is 0 Å². The van der Waals surface area contributed by atoms with Crippen molar-refractivity contribution in [1.29, 1.82) is 0 Å². The van der Waals surface area contributed by atoms with Crippen LogP contribution in [0.5, 0.6) is 0 Å². The Balaban J connectivity index is 1.48. The van der Waals surface area contributed by atoms with Crippen molar-refractivity contribution in [2.24, 2.45) is 0 Å². The fraction of sp³-hybridized carbons (Fsp3) is 0.556. The van der Waals surface area contributed by atoms with E-state index in [0.717, 1.165) is 16.7 Å². The summed E-state index contributed by atoms with van der Waals surface area (Å²) in [6.07, 6.45) is 1.39. The number of benzene rings is 1. The van der Waals surface area contributed by atoms with E-state index in [1.165, 1.54) is 0 Å². The number of anilines is 1. The molecule has 2 saturated heterocycles. The van der Waals surface area contributed by atoms with Crippen LogP contribution in [0.3, 0.4) is 0 Å². The van der Waals surface area contributed by atoms with Crippen molar-refractivity contribution >= 4 is 26.9 Å². The van der Waals surface area contributed by atoms with Crippen molar-refractivity contribution in [3.8, 4) is 0 Å². The molecule has 0 saturated carbocycles. The van der Waals surface area contributed by atoms with Gasteiger partial charge in [0.15, 0.2) is 0 Å². The average molecular weight is 391 g/mol. The van der Waals surface area contributed by atoms with E-state index in [1.807, 2.05) is 38.1 Å². The smallest absolute Gasteiger partial charge is 0.282 e. The predicted octanol–water partition coefficient (Wildman–Crippen LogP) is 1.11. The molecule has 9 heteroatoms. The first kappa shape index (κ1) is 18.5. The lowest BCUT2D eigenvalue weighted by Crippen LogP contribution is -2.57. The maximum absolute atomic E-state index is 13.0. The summed E-state index contributed by atoms with van der Waals surface area (Å²) in [6, 6.07) is 7.89. The van der Waals surface area contributed by atoms with Crippen LogP contribution in [0.4, 0.5) is 5.82 Å². The van der Waals surface area contributed by atoms with Gasteiger partial charge in [-0.3, -0.25) is 0 Å². The van der Waals surface area contributed by atoms with Gasteiger partial charge < -0.3 is 9.64 Å². The third-order valence-corrected chi connectivity index (χ3v) is 7.07. The summed E-state index contributed by atoms with van der Waals surface area (Å²) in [5, 5.41) is 0.993. The maximum Gasteiger partial charge on any atom is 0.282 e. The van der Waals surface area contributed by atoms with Crippen molar-refractivity contribution in [3.63, 3.8) is 0 Å². The number of rotatable bonds is 3. The highest BCUT2D eigenvalue weighted by atomic mass is 32.2. The molecule has 27 heavy (non-hydrogen) atoms. The molecule has 3 heterocycles. The van der Waals surface area contributed by atoms with E-state index in [0.29, 0.717) is 39.3 Å². The van der Waals surface area contributed by atoms with E-state index in [9.17, 15) is 8.42 Å². The highest BCUT2D eigenvalue weighted by Crippen LogP contribution is 2.25. The summed E-state index contributed by atoms with van der Waals surface area (Å²) in [5.41, 5.74) is 0.897. The minimum absolute atomic E-state index is 0.0859. The molecule has 146 valence electrons. The Morgan fingerprint density at radius 1 is 0.963 bits per heavy atom. The molecule has 8 nitrogen and oxygen atoms in total. The number of fused-ring (bicyclic) bond motifs is 1. The Morgan fingerprint density at radius 2 is 1.63 bits per heavy atom. The molecule has 4 rings (SSSR count). The largest absolute Gasteiger partial charge is 0.373 e. The SMILES string of the molecule is C[C@H]1CN(S(=O)(=O)N2CCN(c3ncnc4ccccc34)CC2)C[C@H](C)O1. The van der Waals surface area contributed by atoms with E-state index in [2.05, 4.69) is 14.9 Å².